The van der Waals surface area contributed by atoms with Crippen molar-refractivity contribution in [2.75, 3.05) is 18.1 Å². The summed E-state index contributed by atoms with van der Waals surface area (Å²) in [5.41, 5.74) is 1.57. The number of hydrogen-bond acceptors (Lipinski definition) is 7. The first kappa shape index (κ1) is 24.0. The molecule has 0 spiro atoms. The maximum Gasteiger partial charge on any atom is 0.573 e. The molecular weight excluding hydrogens is 501 g/mol. The fourth-order valence-electron chi connectivity index (χ4n) is 3.97. The Hall–Kier alpha value is -3.74. The molecule has 12 heteroatoms. The molecule has 0 saturated carbocycles. The van der Waals surface area contributed by atoms with Crippen molar-refractivity contribution in [3.63, 3.8) is 0 Å². The fourth-order valence-corrected chi connectivity index (χ4v) is 5.15. The number of ether oxygens (including phenoxy) is 3. The predicted molar refractivity (Wildman–Crippen MR) is 123 cm³/mol. The van der Waals surface area contributed by atoms with Gasteiger partial charge in [0.25, 0.3) is 0 Å². The van der Waals surface area contributed by atoms with Gasteiger partial charge in [0.1, 0.15) is 17.6 Å². The van der Waals surface area contributed by atoms with Crippen molar-refractivity contribution < 1.29 is 40.9 Å². The topological polar surface area (TPSA) is 97.3 Å². The Morgan fingerprint density at radius 2 is 1.53 bits per heavy atom. The van der Waals surface area contributed by atoms with Gasteiger partial charge in [-0.25, -0.2) is 8.42 Å². The van der Waals surface area contributed by atoms with Crippen molar-refractivity contribution in [3.05, 3.63) is 84.3 Å². The van der Waals surface area contributed by atoms with E-state index >= 15 is 0 Å². The summed E-state index contributed by atoms with van der Waals surface area (Å²) in [6.45, 7) is -0.159. The summed E-state index contributed by atoms with van der Waals surface area (Å²) >= 11 is 0. The van der Waals surface area contributed by atoms with E-state index in [0.29, 0.717) is 28.6 Å². The van der Waals surface area contributed by atoms with Crippen molar-refractivity contribution in [3.8, 4) is 17.2 Å². The van der Waals surface area contributed by atoms with Gasteiger partial charge in [-0.1, -0.05) is 24.3 Å². The largest absolute Gasteiger partial charge is 0.573 e. The minimum absolute atomic E-state index is 0.00376. The maximum absolute atomic E-state index is 12.9. The molecule has 188 valence electrons. The molecule has 3 aromatic rings. The van der Waals surface area contributed by atoms with Crippen LogP contribution >= 0.6 is 0 Å². The molecule has 36 heavy (non-hydrogen) atoms. The molecule has 0 amide bonds. The van der Waals surface area contributed by atoms with Crippen molar-refractivity contribution in [1.82, 2.24) is 4.72 Å². The quantitative estimate of drug-likeness (QED) is 0.490. The molecule has 5 rings (SSSR count). The number of para-hydroxylation sites is 4. The second-order valence-electron chi connectivity index (χ2n) is 7.91. The Morgan fingerprint density at radius 3 is 2.11 bits per heavy atom. The van der Waals surface area contributed by atoms with E-state index in [9.17, 15) is 26.7 Å². The van der Waals surface area contributed by atoms with E-state index in [-0.39, 0.29) is 23.9 Å². The third kappa shape index (κ3) is 4.70. The van der Waals surface area contributed by atoms with Crippen LogP contribution in [0.2, 0.25) is 0 Å². The lowest BCUT2D eigenvalue weighted by Gasteiger charge is -2.37. The van der Waals surface area contributed by atoms with Crippen LogP contribution in [-0.4, -0.2) is 39.1 Å². The number of halogens is 3. The number of nitrogens with one attached hydrogen (secondary N) is 1. The lowest BCUT2D eigenvalue weighted by Crippen LogP contribution is -2.44. The van der Waals surface area contributed by atoms with Crippen LogP contribution in [0.5, 0.6) is 17.2 Å². The van der Waals surface area contributed by atoms with Crippen molar-refractivity contribution in [2.24, 2.45) is 0 Å². The highest BCUT2D eigenvalue weighted by Crippen LogP contribution is 2.49. The molecule has 2 aliphatic rings. The van der Waals surface area contributed by atoms with Crippen molar-refractivity contribution in [1.29, 1.82) is 0 Å². The number of benzene rings is 3. The molecule has 0 saturated heterocycles. The van der Waals surface area contributed by atoms with Gasteiger partial charge < -0.3 is 24.2 Å². The highest BCUT2D eigenvalue weighted by molar-refractivity contribution is 7.89. The van der Waals surface area contributed by atoms with Crippen LogP contribution in [0.3, 0.4) is 0 Å². The van der Waals surface area contributed by atoms with E-state index in [0.717, 1.165) is 24.3 Å². The third-order valence-corrected chi connectivity index (χ3v) is 7.00. The molecule has 2 N–H and O–H groups in total. The fraction of sp³-hybridized carbons (Fsp3) is 0.167. The van der Waals surface area contributed by atoms with Gasteiger partial charge in [-0.2, -0.15) is 4.72 Å². The molecule has 2 heterocycles. The Kier molecular flexibility index (Phi) is 6.02. The van der Waals surface area contributed by atoms with Gasteiger partial charge in [0, 0.05) is 0 Å². The smallest absolute Gasteiger partial charge is 0.509 e. The highest BCUT2D eigenvalue weighted by Gasteiger charge is 2.35. The van der Waals surface area contributed by atoms with Crippen LogP contribution in [0, 0.1) is 0 Å². The average Bonchev–Trinajstić information content (AvgIpc) is 2.83. The summed E-state index contributed by atoms with van der Waals surface area (Å²) in [5.74, 6) is 0.270. The van der Waals surface area contributed by atoms with E-state index in [1.807, 2.05) is 0 Å². The molecule has 1 atom stereocenters. The van der Waals surface area contributed by atoms with Gasteiger partial charge in [0.05, 0.1) is 35.2 Å². The normalized spacial score (nSPS) is 17.8. The summed E-state index contributed by atoms with van der Waals surface area (Å²) in [4.78, 5) is 1.44. The van der Waals surface area contributed by atoms with Gasteiger partial charge in [-0.3, -0.25) is 0 Å². The van der Waals surface area contributed by atoms with Crippen LogP contribution in [0.15, 0.2) is 89.1 Å². The van der Waals surface area contributed by atoms with Gasteiger partial charge in [0.15, 0.2) is 11.5 Å². The number of anilines is 2. The van der Waals surface area contributed by atoms with Crippen LogP contribution in [-0.2, 0) is 14.8 Å². The number of nitrogens with zero attached hydrogens (tertiary/aromatic N) is 1. The number of rotatable bonds is 5. The Balaban J connectivity index is 1.46. The summed E-state index contributed by atoms with van der Waals surface area (Å²) in [5, 5.41) is 11.2. The van der Waals surface area contributed by atoms with E-state index in [2.05, 4.69) is 9.46 Å². The lowest BCUT2D eigenvalue weighted by molar-refractivity contribution is -0.274. The van der Waals surface area contributed by atoms with Gasteiger partial charge in [0.2, 0.25) is 10.0 Å². The second kappa shape index (κ2) is 9.04. The first-order valence-electron chi connectivity index (χ1n) is 10.7. The highest BCUT2D eigenvalue weighted by atomic mass is 32.2. The first-order chi connectivity index (χ1) is 17.1. The number of fused-ring (bicyclic) bond motifs is 2. The maximum atomic E-state index is 12.9. The predicted octanol–water partition coefficient (Wildman–Crippen LogP) is 4.98. The molecule has 0 aliphatic carbocycles. The number of hydrogen-bond donors (Lipinski definition) is 2. The van der Waals surface area contributed by atoms with E-state index in [1.54, 1.807) is 53.4 Å². The van der Waals surface area contributed by atoms with Crippen LogP contribution in [0.4, 0.5) is 24.5 Å². The van der Waals surface area contributed by atoms with E-state index in [1.165, 1.54) is 0 Å². The van der Waals surface area contributed by atoms with Gasteiger partial charge in [-0.15, -0.1) is 13.2 Å². The standard InChI is InChI=1S/C24H19F3N2O6S/c25-24(26,27)35-15-9-11-16(12-10-15)36(31,32)28-17-13-33-14-20(23(17)30)29-18-5-1-3-7-21(18)34-22-8-4-2-6-19(22)29/h1-12,17,28,30H,13-14H2/t17-/m1/s1. The Labute approximate surface area is 204 Å². The number of aliphatic hydroxyl groups is 1. The van der Waals surface area contributed by atoms with E-state index in [4.69, 9.17) is 9.47 Å². The molecular formula is C24H19F3N2O6S. The van der Waals surface area contributed by atoms with Crippen LogP contribution < -0.4 is 19.1 Å². The molecule has 0 unspecified atom stereocenters. The number of aliphatic hydroxyl groups excluding tert-OH is 1. The van der Waals surface area contributed by atoms with Crippen LogP contribution in [0.25, 0.3) is 0 Å². The summed E-state index contributed by atoms with van der Waals surface area (Å²) < 4.78 is 80.8. The summed E-state index contributed by atoms with van der Waals surface area (Å²) in [7, 11) is -4.23. The number of sulfonamides is 1. The van der Waals surface area contributed by atoms with Gasteiger partial charge >= 0.3 is 6.36 Å². The molecule has 0 aromatic heterocycles. The van der Waals surface area contributed by atoms with Crippen molar-refractivity contribution >= 4 is 21.4 Å². The lowest BCUT2D eigenvalue weighted by atomic mass is 10.1. The minimum Gasteiger partial charge on any atom is -0.509 e. The van der Waals surface area contributed by atoms with Crippen LogP contribution in [0.1, 0.15) is 0 Å². The second-order valence-corrected chi connectivity index (χ2v) is 9.63. The molecule has 2 aliphatic heterocycles. The third-order valence-electron chi connectivity index (χ3n) is 5.52. The molecule has 3 aromatic carbocycles. The zero-order valence-corrected chi connectivity index (χ0v) is 19.2. The Bertz CT molecular complexity index is 1380. The zero-order chi connectivity index (χ0) is 25.5. The van der Waals surface area contributed by atoms with Gasteiger partial charge in [-0.05, 0) is 48.5 Å². The number of alkyl halides is 3. The molecule has 8 nitrogen and oxygen atoms in total. The molecule has 0 radical (unpaired) electrons. The summed E-state index contributed by atoms with van der Waals surface area (Å²) in [6, 6.07) is 16.9. The molecule has 0 fully saturated rings. The molecule has 0 bridgehead atoms. The Morgan fingerprint density at radius 1 is 0.944 bits per heavy atom. The zero-order valence-electron chi connectivity index (χ0n) is 18.4. The monoisotopic (exact) mass is 520 g/mol. The summed E-state index contributed by atoms with van der Waals surface area (Å²) in [6.07, 6.45) is -4.90. The minimum atomic E-state index is -4.90. The first-order valence-corrected chi connectivity index (χ1v) is 12.1. The average molecular weight is 520 g/mol. The SMILES string of the molecule is O=S(=O)(N[C@@H]1COCC(N2c3ccccc3Oc3ccccc32)=C1O)c1ccc(OC(F)(F)F)cc1. The van der Waals surface area contributed by atoms with E-state index < -0.39 is 28.2 Å². The van der Waals surface area contributed by atoms with Crippen molar-refractivity contribution in [2.45, 2.75) is 17.3 Å².